The van der Waals surface area contributed by atoms with Crippen molar-refractivity contribution in [1.82, 2.24) is 5.32 Å². The van der Waals surface area contributed by atoms with Crippen LogP contribution in [0.1, 0.15) is 35.3 Å². The standard InChI is InChI=1S/C20H22N2O3/c1-14(2)25-18-8-4-5-15(12-18)9-10-19(23)22-13-16-6-3-7-17(11-16)20(21)24/h3-12,14H,13H2,1-2H3,(H2,21,24)(H,22,23)/b10-9-. The van der Waals surface area contributed by atoms with Crippen molar-refractivity contribution >= 4 is 17.9 Å². The first-order valence-electron chi connectivity index (χ1n) is 8.05. The number of hydrogen-bond acceptors (Lipinski definition) is 3. The molecule has 130 valence electrons. The predicted molar refractivity (Wildman–Crippen MR) is 98.0 cm³/mol. The smallest absolute Gasteiger partial charge is 0.248 e. The number of carbonyl (C=O) groups excluding carboxylic acids is 2. The van der Waals surface area contributed by atoms with Gasteiger partial charge in [-0.2, -0.15) is 0 Å². The largest absolute Gasteiger partial charge is 0.491 e. The zero-order valence-corrected chi connectivity index (χ0v) is 14.4. The van der Waals surface area contributed by atoms with Gasteiger partial charge in [-0.25, -0.2) is 0 Å². The van der Waals surface area contributed by atoms with Crippen molar-refractivity contribution in [3.63, 3.8) is 0 Å². The van der Waals surface area contributed by atoms with Crippen LogP contribution in [0.15, 0.2) is 54.6 Å². The summed E-state index contributed by atoms with van der Waals surface area (Å²) >= 11 is 0. The van der Waals surface area contributed by atoms with E-state index < -0.39 is 5.91 Å². The van der Waals surface area contributed by atoms with Gasteiger partial charge < -0.3 is 15.8 Å². The second-order valence-electron chi connectivity index (χ2n) is 5.85. The number of rotatable bonds is 7. The van der Waals surface area contributed by atoms with Crippen LogP contribution in [0.2, 0.25) is 0 Å². The Labute approximate surface area is 147 Å². The van der Waals surface area contributed by atoms with Gasteiger partial charge >= 0.3 is 0 Å². The molecule has 0 radical (unpaired) electrons. The van der Waals surface area contributed by atoms with Gasteiger partial charge in [-0.05, 0) is 55.3 Å². The van der Waals surface area contributed by atoms with Crippen molar-refractivity contribution in [2.75, 3.05) is 0 Å². The summed E-state index contributed by atoms with van der Waals surface area (Å²) < 4.78 is 5.63. The van der Waals surface area contributed by atoms with Gasteiger partial charge in [0.2, 0.25) is 11.8 Å². The second kappa shape index (κ2) is 8.68. The van der Waals surface area contributed by atoms with Gasteiger partial charge in [-0.15, -0.1) is 0 Å². The number of ether oxygens (including phenoxy) is 1. The van der Waals surface area contributed by atoms with Crippen LogP contribution in [-0.2, 0) is 11.3 Å². The Morgan fingerprint density at radius 3 is 2.64 bits per heavy atom. The maximum Gasteiger partial charge on any atom is 0.248 e. The molecule has 0 fully saturated rings. The number of carbonyl (C=O) groups is 2. The summed E-state index contributed by atoms with van der Waals surface area (Å²) in [5.41, 5.74) is 7.36. The fourth-order valence-electron chi connectivity index (χ4n) is 2.22. The summed E-state index contributed by atoms with van der Waals surface area (Å²) in [7, 11) is 0. The molecule has 0 aliphatic heterocycles. The molecule has 2 aromatic carbocycles. The Hall–Kier alpha value is -3.08. The van der Waals surface area contributed by atoms with E-state index in [1.165, 1.54) is 6.08 Å². The van der Waals surface area contributed by atoms with Crippen LogP contribution in [0, 0.1) is 0 Å². The van der Waals surface area contributed by atoms with Gasteiger partial charge in [0.15, 0.2) is 0 Å². The minimum atomic E-state index is -0.489. The summed E-state index contributed by atoms with van der Waals surface area (Å²) in [4.78, 5) is 23.1. The van der Waals surface area contributed by atoms with Crippen molar-refractivity contribution < 1.29 is 14.3 Å². The van der Waals surface area contributed by atoms with E-state index in [1.54, 1.807) is 24.3 Å². The molecular weight excluding hydrogens is 316 g/mol. The van der Waals surface area contributed by atoms with Crippen LogP contribution >= 0.6 is 0 Å². The lowest BCUT2D eigenvalue weighted by molar-refractivity contribution is -0.116. The molecule has 0 atom stereocenters. The van der Waals surface area contributed by atoms with E-state index in [0.717, 1.165) is 16.9 Å². The van der Waals surface area contributed by atoms with E-state index in [1.807, 2.05) is 44.2 Å². The van der Waals surface area contributed by atoms with Crippen molar-refractivity contribution in [3.8, 4) is 5.75 Å². The third-order valence-corrected chi connectivity index (χ3v) is 3.34. The van der Waals surface area contributed by atoms with Gasteiger partial charge in [0.25, 0.3) is 0 Å². The fraction of sp³-hybridized carbons (Fsp3) is 0.200. The van der Waals surface area contributed by atoms with Crippen LogP contribution in [0.3, 0.4) is 0 Å². The summed E-state index contributed by atoms with van der Waals surface area (Å²) in [5.74, 6) is 0.0528. The molecule has 0 saturated heterocycles. The molecule has 0 saturated carbocycles. The van der Waals surface area contributed by atoms with Gasteiger partial charge in [-0.1, -0.05) is 24.3 Å². The van der Waals surface area contributed by atoms with Crippen LogP contribution in [0.25, 0.3) is 6.08 Å². The molecule has 0 aliphatic carbocycles. The van der Waals surface area contributed by atoms with E-state index in [9.17, 15) is 9.59 Å². The van der Waals surface area contributed by atoms with E-state index in [0.29, 0.717) is 12.1 Å². The zero-order chi connectivity index (χ0) is 18.2. The van der Waals surface area contributed by atoms with E-state index in [-0.39, 0.29) is 12.0 Å². The highest BCUT2D eigenvalue weighted by Gasteiger charge is 2.03. The van der Waals surface area contributed by atoms with Gasteiger partial charge in [0.1, 0.15) is 5.75 Å². The molecule has 3 N–H and O–H groups in total. The number of primary amides is 1. The van der Waals surface area contributed by atoms with Crippen LogP contribution < -0.4 is 15.8 Å². The van der Waals surface area contributed by atoms with Crippen LogP contribution in [0.5, 0.6) is 5.75 Å². The van der Waals surface area contributed by atoms with Crippen LogP contribution in [-0.4, -0.2) is 17.9 Å². The Bertz CT molecular complexity index is 782. The average molecular weight is 338 g/mol. The third-order valence-electron chi connectivity index (χ3n) is 3.34. The molecule has 5 nitrogen and oxygen atoms in total. The minimum absolute atomic E-state index is 0.0960. The molecule has 0 aromatic heterocycles. The van der Waals surface area contributed by atoms with E-state index in [4.69, 9.17) is 10.5 Å². The molecule has 0 bridgehead atoms. The van der Waals surface area contributed by atoms with Gasteiger partial charge in [0, 0.05) is 18.2 Å². The molecule has 2 aromatic rings. The molecule has 2 amide bonds. The van der Waals surface area contributed by atoms with Gasteiger partial charge in [-0.3, -0.25) is 9.59 Å². The SMILES string of the molecule is CC(C)Oc1cccc(/C=C\C(=O)NCc2cccc(C(N)=O)c2)c1. The number of amides is 2. The van der Waals surface area contributed by atoms with E-state index in [2.05, 4.69) is 5.32 Å². The predicted octanol–water partition coefficient (Wildman–Crippen LogP) is 2.90. The molecule has 0 spiro atoms. The quantitative estimate of drug-likeness (QED) is 0.762. The number of nitrogens with one attached hydrogen (secondary N) is 1. The third kappa shape index (κ3) is 6.14. The summed E-state index contributed by atoms with van der Waals surface area (Å²) in [5, 5.41) is 2.77. The molecule has 5 heteroatoms. The fourth-order valence-corrected chi connectivity index (χ4v) is 2.22. The monoisotopic (exact) mass is 338 g/mol. The second-order valence-corrected chi connectivity index (χ2v) is 5.85. The maximum absolute atomic E-state index is 12.0. The minimum Gasteiger partial charge on any atom is -0.491 e. The molecule has 0 aliphatic rings. The highest BCUT2D eigenvalue weighted by atomic mass is 16.5. The number of benzene rings is 2. The van der Waals surface area contributed by atoms with Crippen molar-refractivity contribution in [1.29, 1.82) is 0 Å². The maximum atomic E-state index is 12.0. The van der Waals surface area contributed by atoms with E-state index >= 15 is 0 Å². The highest BCUT2D eigenvalue weighted by molar-refractivity contribution is 5.93. The summed E-state index contributed by atoms with van der Waals surface area (Å²) in [6.07, 6.45) is 3.29. The Morgan fingerprint density at radius 1 is 1.16 bits per heavy atom. The van der Waals surface area contributed by atoms with Crippen molar-refractivity contribution in [2.45, 2.75) is 26.5 Å². The molecule has 2 rings (SSSR count). The normalized spacial score (nSPS) is 10.8. The van der Waals surface area contributed by atoms with Gasteiger partial charge in [0.05, 0.1) is 6.10 Å². The Balaban J connectivity index is 1.93. The topological polar surface area (TPSA) is 81.4 Å². The number of nitrogens with two attached hydrogens (primary N) is 1. The molecular formula is C20H22N2O3. The first kappa shape index (κ1) is 18.3. The lowest BCUT2D eigenvalue weighted by Gasteiger charge is -2.09. The molecule has 25 heavy (non-hydrogen) atoms. The number of hydrogen-bond donors (Lipinski definition) is 2. The lowest BCUT2D eigenvalue weighted by atomic mass is 10.1. The Morgan fingerprint density at radius 2 is 1.92 bits per heavy atom. The highest BCUT2D eigenvalue weighted by Crippen LogP contribution is 2.15. The molecule has 0 unspecified atom stereocenters. The first-order chi connectivity index (χ1) is 11.9. The van der Waals surface area contributed by atoms with Crippen molar-refractivity contribution in [2.24, 2.45) is 5.73 Å². The first-order valence-corrected chi connectivity index (χ1v) is 8.05. The summed E-state index contributed by atoms with van der Waals surface area (Å²) in [6, 6.07) is 14.4. The van der Waals surface area contributed by atoms with Crippen molar-refractivity contribution in [3.05, 3.63) is 71.3 Å². The average Bonchev–Trinajstić information content (AvgIpc) is 2.58. The zero-order valence-electron chi connectivity index (χ0n) is 14.4. The van der Waals surface area contributed by atoms with Crippen LogP contribution in [0.4, 0.5) is 0 Å². The Kier molecular flexibility index (Phi) is 6.34. The molecule has 0 heterocycles. The lowest BCUT2D eigenvalue weighted by Crippen LogP contribution is -2.20. The summed E-state index contributed by atoms with van der Waals surface area (Å²) in [6.45, 7) is 4.24.